The number of primary amides is 1. The van der Waals surface area contributed by atoms with Gasteiger partial charge in [0.15, 0.2) is 6.54 Å². The lowest BCUT2D eigenvalue weighted by Crippen LogP contribution is -3.14. The van der Waals surface area contributed by atoms with Crippen LogP contribution in [0.4, 0.5) is 5.69 Å². The first-order valence-corrected chi connectivity index (χ1v) is 8.50. The van der Waals surface area contributed by atoms with Crippen molar-refractivity contribution in [1.82, 2.24) is 4.90 Å². The molecule has 2 amide bonds. The van der Waals surface area contributed by atoms with Crippen molar-refractivity contribution >= 4 is 17.5 Å². The lowest BCUT2D eigenvalue weighted by atomic mass is 9.97. The molecule has 2 rings (SSSR count). The summed E-state index contributed by atoms with van der Waals surface area (Å²) in [5.74, 6) is -0.230. The molecule has 6 nitrogen and oxygen atoms in total. The number of benzene rings is 1. The van der Waals surface area contributed by atoms with Crippen molar-refractivity contribution in [3.05, 3.63) is 29.8 Å². The average molecular weight is 333 g/mol. The zero-order valence-electron chi connectivity index (χ0n) is 14.9. The van der Waals surface area contributed by atoms with Crippen LogP contribution in [0.5, 0.6) is 0 Å². The summed E-state index contributed by atoms with van der Waals surface area (Å²) in [7, 11) is 5.84. The van der Waals surface area contributed by atoms with E-state index in [-0.39, 0.29) is 17.7 Å². The van der Waals surface area contributed by atoms with Gasteiger partial charge in [0.2, 0.25) is 5.91 Å². The molecule has 1 heterocycles. The highest BCUT2D eigenvalue weighted by Gasteiger charge is 2.29. The number of amides is 2. The van der Waals surface area contributed by atoms with E-state index in [2.05, 4.69) is 24.3 Å². The lowest BCUT2D eigenvalue weighted by Gasteiger charge is -2.29. The molecule has 0 spiro atoms. The number of rotatable bonds is 6. The van der Waals surface area contributed by atoms with Crippen LogP contribution in [0.3, 0.4) is 0 Å². The molecule has 1 unspecified atom stereocenters. The summed E-state index contributed by atoms with van der Waals surface area (Å²) < 4.78 is 0. The Balaban J connectivity index is 1.86. The Bertz CT molecular complexity index is 571. The summed E-state index contributed by atoms with van der Waals surface area (Å²) in [6, 6.07) is 8.22. The van der Waals surface area contributed by atoms with Crippen molar-refractivity contribution in [2.75, 3.05) is 45.7 Å². The summed E-state index contributed by atoms with van der Waals surface area (Å²) >= 11 is 0. The topological polar surface area (TPSA) is 71.1 Å². The molecule has 1 saturated heterocycles. The minimum Gasteiger partial charge on any atom is -0.378 e. The molecule has 1 aromatic carbocycles. The smallest absolute Gasteiger partial charge is 0.277 e. The maximum Gasteiger partial charge on any atom is 0.277 e. The lowest BCUT2D eigenvalue weighted by molar-refractivity contribution is -0.899. The molecule has 0 aliphatic carbocycles. The second kappa shape index (κ2) is 8.15. The number of nitrogens with two attached hydrogens (primary N) is 1. The minimum atomic E-state index is -0.242. The van der Waals surface area contributed by atoms with Gasteiger partial charge in [0.1, 0.15) is 0 Å². The number of nitrogens with one attached hydrogen (secondary N) is 1. The zero-order chi connectivity index (χ0) is 17.7. The van der Waals surface area contributed by atoms with E-state index >= 15 is 0 Å². The Labute approximate surface area is 144 Å². The maximum absolute atomic E-state index is 12.4. The van der Waals surface area contributed by atoms with Gasteiger partial charge in [-0.15, -0.1) is 0 Å². The molecule has 132 valence electrons. The normalized spacial score (nSPS) is 20.5. The van der Waals surface area contributed by atoms with Crippen LogP contribution in [-0.4, -0.2) is 57.5 Å². The van der Waals surface area contributed by atoms with E-state index in [1.54, 1.807) is 4.90 Å². The number of nitrogens with zero attached hydrogens (tertiary/aromatic N) is 2. The summed E-state index contributed by atoms with van der Waals surface area (Å²) in [4.78, 5) is 28.8. The monoisotopic (exact) mass is 333 g/mol. The summed E-state index contributed by atoms with van der Waals surface area (Å²) in [5.41, 5.74) is 7.66. The quantitative estimate of drug-likeness (QED) is 0.737. The first-order valence-electron chi connectivity index (χ1n) is 8.50. The third-order valence-corrected chi connectivity index (χ3v) is 4.72. The maximum atomic E-state index is 12.4. The van der Waals surface area contributed by atoms with E-state index in [0.717, 1.165) is 35.5 Å². The molecular formula is C18H29N4O2+. The fraction of sp³-hybridized carbons (Fsp3) is 0.556. The van der Waals surface area contributed by atoms with Crippen LogP contribution < -0.4 is 15.5 Å². The predicted molar refractivity (Wildman–Crippen MR) is 94.7 cm³/mol. The van der Waals surface area contributed by atoms with E-state index in [1.807, 2.05) is 26.0 Å². The second-order valence-electron chi connectivity index (χ2n) is 6.93. The number of likely N-dealkylation sites (tertiary alicyclic amines) is 1. The van der Waals surface area contributed by atoms with Gasteiger partial charge in [0, 0.05) is 33.4 Å². The summed E-state index contributed by atoms with van der Waals surface area (Å²) in [6.45, 7) is 2.63. The standard InChI is InChI=1S/C18H28N4O2/c1-20(2)16-8-6-14(7-9-16)11-21(3)17(23)13-22-10-4-5-15(12-22)18(19)24/h6-9,15H,4-5,10-13H2,1-3H3,(H2,19,24)/p+1/t15-/m0/s1. The highest BCUT2D eigenvalue weighted by molar-refractivity contribution is 5.77. The third-order valence-electron chi connectivity index (χ3n) is 4.72. The molecule has 1 aliphatic heterocycles. The zero-order valence-corrected chi connectivity index (χ0v) is 14.9. The molecular weight excluding hydrogens is 304 g/mol. The highest BCUT2D eigenvalue weighted by Crippen LogP contribution is 2.13. The van der Waals surface area contributed by atoms with Gasteiger partial charge >= 0.3 is 0 Å². The number of quaternary nitrogens is 1. The van der Waals surface area contributed by atoms with E-state index < -0.39 is 0 Å². The van der Waals surface area contributed by atoms with E-state index in [9.17, 15) is 9.59 Å². The van der Waals surface area contributed by atoms with Crippen LogP contribution in [0.25, 0.3) is 0 Å². The molecule has 0 aromatic heterocycles. The number of carbonyl (C=O) groups excluding carboxylic acids is 2. The van der Waals surface area contributed by atoms with Crippen LogP contribution in [0.15, 0.2) is 24.3 Å². The first kappa shape index (κ1) is 18.3. The van der Waals surface area contributed by atoms with Crippen molar-refractivity contribution < 1.29 is 14.5 Å². The number of hydrogen-bond acceptors (Lipinski definition) is 3. The molecule has 3 N–H and O–H groups in total. The second-order valence-corrected chi connectivity index (χ2v) is 6.93. The minimum absolute atomic E-state index is 0.0922. The highest BCUT2D eigenvalue weighted by atomic mass is 16.2. The first-order chi connectivity index (χ1) is 11.4. The van der Waals surface area contributed by atoms with Crippen molar-refractivity contribution in [2.24, 2.45) is 11.7 Å². The number of anilines is 1. The molecule has 2 atom stereocenters. The molecule has 6 heteroatoms. The van der Waals surface area contributed by atoms with E-state index in [1.165, 1.54) is 0 Å². The van der Waals surface area contributed by atoms with Gasteiger partial charge in [-0.1, -0.05) is 12.1 Å². The molecule has 0 saturated carbocycles. The Kier molecular flexibility index (Phi) is 6.20. The van der Waals surface area contributed by atoms with Gasteiger partial charge in [-0.3, -0.25) is 9.59 Å². The van der Waals surface area contributed by atoms with Crippen LogP contribution in [0.1, 0.15) is 18.4 Å². The SMILES string of the molecule is CN(Cc1ccc(N(C)C)cc1)C(=O)C[NH+]1CCC[C@H](C(N)=O)C1. The van der Waals surface area contributed by atoms with Gasteiger partial charge in [0.25, 0.3) is 5.91 Å². The number of likely N-dealkylation sites (N-methyl/N-ethyl adjacent to an activating group) is 1. The van der Waals surface area contributed by atoms with Crippen LogP contribution in [-0.2, 0) is 16.1 Å². The van der Waals surface area contributed by atoms with Crippen LogP contribution >= 0.6 is 0 Å². The largest absolute Gasteiger partial charge is 0.378 e. The average Bonchev–Trinajstić information content (AvgIpc) is 2.55. The molecule has 0 bridgehead atoms. The van der Waals surface area contributed by atoms with Gasteiger partial charge in [0.05, 0.1) is 19.0 Å². The number of carbonyl (C=O) groups is 2. The van der Waals surface area contributed by atoms with Crippen LogP contribution in [0, 0.1) is 5.92 Å². The van der Waals surface area contributed by atoms with Gasteiger partial charge in [-0.2, -0.15) is 0 Å². The van der Waals surface area contributed by atoms with E-state index in [4.69, 9.17) is 5.73 Å². The van der Waals surface area contributed by atoms with Crippen molar-refractivity contribution in [3.8, 4) is 0 Å². The van der Waals surface area contributed by atoms with Crippen molar-refractivity contribution in [3.63, 3.8) is 0 Å². The van der Waals surface area contributed by atoms with Gasteiger partial charge < -0.3 is 20.4 Å². The third kappa shape index (κ3) is 4.96. The molecule has 1 fully saturated rings. The Hall–Kier alpha value is -2.08. The Morgan fingerprint density at radius 2 is 1.88 bits per heavy atom. The molecule has 24 heavy (non-hydrogen) atoms. The van der Waals surface area contributed by atoms with E-state index in [0.29, 0.717) is 19.6 Å². The number of hydrogen-bond donors (Lipinski definition) is 2. The van der Waals surface area contributed by atoms with Gasteiger partial charge in [-0.25, -0.2) is 0 Å². The van der Waals surface area contributed by atoms with Gasteiger partial charge in [-0.05, 0) is 30.5 Å². The van der Waals surface area contributed by atoms with Crippen molar-refractivity contribution in [1.29, 1.82) is 0 Å². The molecule has 1 aromatic rings. The fourth-order valence-electron chi connectivity index (χ4n) is 3.16. The Morgan fingerprint density at radius 3 is 2.46 bits per heavy atom. The summed E-state index contributed by atoms with van der Waals surface area (Å²) in [5, 5.41) is 0. The Morgan fingerprint density at radius 1 is 1.21 bits per heavy atom. The molecule has 0 radical (unpaired) electrons. The fourth-order valence-corrected chi connectivity index (χ4v) is 3.16. The number of piperidine rings is 1. The summed E-state index contributed by atoms with van der Waals surface area (Å²) in [6.07, 6.45) is 1.80. The van der Waals surface area contributed by atoms with Crippen LogP contribution in [0.2, 0.25) is 0 Å². The molecule has 1 aliphatic rings. The van der Waals surface area contributed by atoms with Crippen molar-refractivity contribution in [2.45, 2.75) is 19.4 Å². The predicted octanol–water partition coefficient (Wildman–Crippen LogP) is -0.509.